The number of nitrogens with zero attached hydrogens (tertiary/aromatic N) is 3. The molecule has 3 N–H and O–H groups in total. The molecule has 0 spiro atoms. The van der Waals surface area contributed by atoms with E-state index in [1.807, 2.05) is 38.5 Å². The Kier molecular flexibility index (Phi) is 7.48. The minimum absolute atomic E-state index is 0.233. The number of likely N-dealkylation sites (N-methyl/N-ethyl adjacent to an activating group) is 2. The first-order chi connectivity index (χ1) is 17.0. The van der Waals surface area contributed by atoms with Crippen LogP contribution in [0.2, 0.25) is 0 Å². The first kappa shape index (κ1) is 24.0. The van der Waals surface area contributed by atoms with Crippen LogP contribution in [0.3, 0.4) is 0 Å². The molecular weight excluding hydrogens is 436 g/mol. The number of carbonyl (C=O) groups is 1. The molecule has 0 unspecified atom stereocenters. The smallest absolute Gasteiger partial charge is 0.247 e. The molecule has 0 saturated carbocycles. The van der Waals surface area contributed by atoms with Crippen LogP contribution in [-0.4, -0.2) is 42.6 Å². The number of hydrogen-bond donors (Lipinski definition) is 3. The van der Waals surface area contributed by atoms with Crippen molar-refractivity contribution in [2.24, 2.45) is 7.05 Å². The van der Waals surface area contributed by atoms with E-state index in [0.29, 0.717) is 6.54 Å². The normalized spacial score (nSPS) is 10.8. The SMILES string of the molecule is C=CC(=O)Nc1cc(CNc2cc(-c3cn(C)c4ccccc34)ccn2)ccc1N(C)CCNC. The van der Waals surface area contributed by atoms with E-state index in [1.54, 1.807) is 0 Å². The number of nitrogens with one attached hydrogen (secondary N) is 3. The molecule has 1 amide bonds. The summed E-state index contributed by atoms with van der Waals surface area (Å²) in [6.45, 7) is 5.80. The van der Waals surface area contributed by atoms with Gasteiger partial charge in [0.25, 0.3) is 0 Å². The molecule has 0 saturated heterocycles. The van der Waals surface area contributed by atoms with E-state index >= 15 is 0 Å². The van der Waals surface area contributed by atoms with E-state index in [4.69, 9.17) is 0 Å². The molecule has 0 aliphatic rings. The molecule has 0 fully saturated rings. The molecule has 180 valence electrons. The van der Waals surface area contributed by atoms with Gasteiger partial charge in [0.15, 0.2) is 0 Å². The Hall–Kier alpha value is -4.10. The van der Waals surface area contributed by atoms with Crippen molar-refractivity contribution < 1.29 is 4.79 Å². The molecule has 2 aromatic carbocycles. The van der Waals surface area contributed by atoms with Crippen molar-refractivity contribution >= 4 is 34.0 Å². The average Bonchev–Trinajstić information content (AvgIpc) is 3.23. The lowest BCUT2D eigenvalue weighted by Crippen LogP contribution is -2.28. The maximum absolute atomic E-state index is 12.0. The molecule has 0 aliphatic carbocycles. The number of benzene rings is 2. The first-order valence-corrected chi connectivity index (χ1v) is 11.7. The fraction of sp³-hybridized carbons (Fsp3) is 0.214. The molecule has 0 aliphatic heterocycles. The quantitative estimate of drug-likeness (QED) is 0.296. The van der Waals surface area contributed by atoms with Crippen LogP contribution < -0.4 is 20.9 Å². The number of aromatic nitrogens is 2. The summed E-state index contributed by atoms with van der Waals surface area (Å²) in [5.41, 5.74) is 6.23. The van der Waals surface area contributed by atoms with Crippen LogP contribution in [0.15, 0.2) is 79.6 Å². The highest BCUT2D eigenvalue weighted by molar-refractivity contribution is 6.01. The minimum Gasteiger partial charge on any atom is -0.372 e. The summed E-state index contributed by atoms with van der Waals surface area (Å²) in [5.74, 6) is 0.560. The maximum atomic E-state index is 12.0. The predicted molar refractivity (Wildman–Crippen MR) is 146 cm³/mol. The number of amides is 1. The van der Waals surface area contributed by atoms with E-state index in [0.717, 1.165) is 41.4 Å². The third-order valence-electron chi connectivity index (χ3n) is 6.05. The van der Waals surface area contributed by atoms with E-state index in [-0.39, 0.29) is 5.91 Å². The van der Waals surface area contributed by atoms with Gasteiger partial charge in [0.05, 0.1) is 11.4 Å². The number of rotatable bonds is 10. The molecule has 7 nitrogen and oxygen atoms in total. The summed E-state index contributed by atoms with van der Waals surface area (Å²) in [6, 6.07) is 18.6. The molecule has 35 heavy (non-hydrogen) atoms. The summed E-state index contributed by atoms with van der Waals surface area (Å²) in [5, 5.41) is 10.7. The molecule has 0 atom stereocenters. The van der Waals surface area contributed by atoms with Crippen molar-refractivity contribution in [3.05, 3.63) is 85.2 Å². The van der Waals surface area contributed by atoms with E-state index in [9.17, 15) is 4.79 Å². The lowest BCUT2D eigenvalue weighted by atomic mass is 10.1. The van der Waals surface area contributed by atoms with Gasteiger partial charge in [-0.15, -0.1) is 0 Å². The zero-order valence-electron chi connectivity index (χ0n) is 20.5. The van der Waals surface area contributed by atoms with Crippen molar-refractivity contribution in [1.82, 2.24) is 14.9 Å². The number of hydrogen-bond acceptors (Lipinski definition) is 5. The number of aryl methyl sites for hydroxylation is 1. The zero-order valence-corrected chi connectivity index (χ0v) is 20.5. The van der Waals surface area contributed by atoms with Crippen LogP contribution in [0.25, 0.3) is 22.0 Å². The Morgan fingerprint density at radius 2 is 2.00 bits per heavy atom. The second-order valence-electron chi connectivity index (χ2n) is 8.52. The summed E-state index contributed by atoms with van der Waals surface area (Å²) in [6.07, 6.45) is 5.27. The van der Waals surface area contributed by atoms with Crippen molar-refractivity contribution in [2.75, 3.05) is 42.7 Å². The largest absolute Gasteiger partial charge is 0.372 e. The highest BCUT2D eigenvalue weighted by Crippen LogP contribution is 2.31. The maximum Gasteiger partial charge on any atom is 0.247 e. The van der Waals surface area contributed by atoms with Gasteiger partial charge < -0.3 is 25.4 Å². The van der Waals surface area contributed by atoms with Gasteiger partial charge in [0.2, 0.25) is 5.91 Å². The third kappa shape index (κ3) is 5.53. The van der Waals surface area contributed by atoms with Crippen LogP contribution >= 0.6 is 0 Å². The molecule has 2 heterocycles. The van der Waals surface area contributed by atoms with Gasteiger partial charge in [-0.25, -0.2) is 4.98 Å². The predicted octanol–water partition coefficient (Wildman–Crippen LogP) is 4.63. The zero-order chi connectivity index (χ0) is 24.8. The standard InChI is InChI=1S/C28H32N6O/c1-5-28(35)32-24-16-20(10-11-26(24)33(3)15-14-29-2)18-31-27-17-21(12-13-30-27)23-19-34(4)25-9-7-6-8-22(23)25/h5-13,16-17,19,29H,1,14-15,18H2,2-4H3,(H,30,31)(H,32,35). The van der Waals surface area contributed by atoms with Crippen LogP contribution in [-0.2, 0) is 18.4 Å². The fourth-order valence-electron chi connectivity index (χ4n) is 4.17. The van der Waals surface area contributed by atoms with Gasteiger partial charge in [-0.3, -0.25) is 4.79 Å². The monoisotopic (exact) mass is 468 g/mol. The molecule has 2 aromatic heterocycles. The van der Waals surface area contributed by atoms with Gasteiger partial charge in [-0.05, 0) is 54.6 Å². The van der Waals surface area contributed by atoms with E-state index in [2.05, 4.69) is 86.6 Å². The molecule has 0 radical (unpaired) electrons. The number of para-hydroxylation sites is 1. The fourth-order valence-corrected chi connectivity index (χ4v) is 4.17. The third-order valence-corrected chi connectivity index (χ3v) is 6.05. The van der Waals surface area contributed by atoms with E-state index < -0.39 is 0 Å². The second-order valence-corrected chi connectivity index (χ2v) is 8.52. The molecule has 0 bridgehead atoms. The van der Waals surface area contributed by atoms with Crippen molar-refractivity contribution in [1.29, 1.82) is 0 Å². The van der Waals surface area contributed by atoms with Gasteiger partial charge >= 0.3 is 0 Å². The average molecular weight is 469 g/mol. The van der Waals surface area contributed by atoms with E-state index in [1.165, 1.54) is 22.5 Å². The van der Waals surface area contributed by atoms with Crippen LogP contribution in [0, 0.1) is 0 Å². The number of pyridine rings is 1. The molecule has 4 rings (SSSR count). The van der Waals surface area contributed by atoms with Crippen LogP contribution in [0.5, 0.6) is 0 Å². The van der Waals surface area contributed by atoms with Crippen LogP contribution in [0.4, 0.5) is 17.2 Å². The Morgan fingerprint density at radius 3 is 2.80 bits per heavy atom. The minimum atomic E-state index is -0.233. The van der Waals surface area contributed by atoms with Crippen molar-refractivity contribution in [3.8, 4) is 11.1 Å². The summed E-state index contributed by atoms with van der Waals surface area (Å²) < 4.78 is 2.15. The second kappa shape index (κ2) is 10.9. The lowest BCUT2D eigenvalue weighted by Gasteiger charge is -2.23. The Morgan fingerprint density at radius 1 is 1.17 bits per heavy atom. The van der Waals surface area contributed by atoms with Gasteiger partial charge in [0, 0.05) is 62.6 Å². The topological polar surface area (TPSA) is 74.2 Å². The van der Waals surface area contributed by atoms with Crippen molar-refractivity contribution in [2.45, 2.75) is 6.54 Å². The molecule has 4 aromatic rings. The Labute approximate surface area is 206 Å². The molecule has 7 heteroatoms. The Balaban J connectivity index is 1.54. The summed E-state index contributed by atoms with van der Waals surface area (Å²) in [7, 11) is 6.00. The summed E-state index contributed by atoms with van der Waals surface area (Å²) >= 11 is 0. The van der Waals surface area contributed by atoms with Gasteiger partial charge in [-0.2, -0.15) is 0 Å². The van der Waals surface area contributed by atoms with Gasteiger partial charge in [-0.1, -0.05) is 30.8 Å². The van der Waals surface area contributed by atoms with Crippen LogP contribution in [0.1, 0.15) is 5.56 Å². The number of fused-ring (bicyclic) bond motifs is 1. The van der Waals surface area contributed by atoms with Crippen molar-refractivity contribution in [3.63, 3.8) is 0 Å². The molecular formula is C28H32N6O. The first-order valence-electron chi connectivity index (χ1n) is 11.7. The highest BCUT2D eigenvalue weighted by atomic mass is 16.1. The Bertz CT molecular complexity index is 1340. The highest BCUT2D eigenvalue weighted by Gasteiger charge is 2.12. The number of carbonyl (C=O) groups excluding carboxylic acids is 1. The number of anilines is 3. The van der Waals surface area contributed by atoms with Gasteiger partial charge in [0.1, 0.15) is 5.82 Å². The lowest BCUT2D eigenvalue weighted by molar-refractivity contribution is -0.111. The summed E-state index contributed by atoms with van der Waals surface area (Å²) in [4.78, 5) is 18.7.